The van der Waals surface area contributed by atoms with E-state index in [4.69, 9.17) is 0 Å². The van der Waals surface area contributed by atoms with E-state index in [0.29, 0.717) is 0 Å². The SMILES string of the molecule is CC(Cc1ccccc1C(F)(F)F)N(C)C(=O)c1cc(=O)cc[nH]1. The molecule has 0 aliphatic heterocycles. The van der Waals surface area contributed by atoms with Gasteiger partial charge in [-0.3, -0.25) is 9.59 Å². The van der Waals surface area contributed by atoms with Crippen molar-refractivity contribution in [3.8, 4) is 0 Å². The van der Waals surface area contributed by atoms with Crippen LogP contribution in [0.3, 0.4) is 0 Å². The van der Waals surface area contributed by atoms with Crippen molar-refractivity contribution in [2.24, 2.45) is 0 Å². The van der Waals surface area contributed by atoms with Crippen LogP contribution in [-0.2, 0) is 12.6 Å². The largest absolute Gasteiger partial charge is 0.416 e. The molecule has 24 heavy (non-hydrogen) atoms. The molecule has 0 saturated heterocycles. The zero-order chi connectivity index (χ0) is 17.9. The highest BCUT2D eigenvalue weighted by Crippen LogP contribution is 2.32. The van der Waals surface area contributed by atoms with Crippen LogP contribution in [0.5, 0.6) is 0 Å². The molecule has 2 aromatic rings. The second-order valence-electron chi connectivity index (χ2n) is 5.56. The van der Waals surface area contributed by atoms with Crippen LogP contribution < -0.4 is 5.43 Å². The van der Waals surface area contributed by atoms with Gasteiger partial charge in [-0.2, -0.15) is 13.2 Å². The fraction of sp³-hybridized carbons (Fsp3) is 0.294. The average molecular weight is 338 g/mol. The highest BCUT2D eigenvalue weighted by atomic mass is 19.4. The van der Waals surface area contributed by atoms with Crippen LogP contribution in [0.4, 0.5) is 13.2 Å². The Morgan fingerprint density at radius 3 is 2.54 bits per heavy atom. The van der Waals surface area contributed by atoms with Crippen molar-refractivity contribution in [2.45, 2.75) is 25.6 Å². The Balaban J connectivity index is 2.19. The zero-order valence-electron chi connectivity index (χ0n) is 13.2. The average Bonchev–Trinajstić information content (AvgIpc) is 2.53. The summed E-state index contributed by atoms with van der Waals surface area (Å²) in [6.07, 6.45) is -3.04. The van der Waals surface area contributed by atoms with Gasteiger partial charge in [0.15, 0.2) is 5.43 Å². The van der Waals surface area contributed by atoms with Crippen molar-refractivity contribution in [1.29, 1.82) is 0 Å². The number of rotatable bonds is 4. The molecule has 4 nitrogen and oxygen atoms in total. The minimum Gasteiger partial charge on any atom is -0.357 e. The first-order valence-corrected chi connectivity index (χ1v) is 7.31. The zero-order valence-corrected chi connectivity index (χ0v) is 13.2. The number of halogens is 3. The van der Waals surface area contributed by atoms with Crippen molar-refractivity contribution in [3.63, 3.8) is 0 Å². The minimum atomic E-state index is -4.44. The van der Waals surface area contributed by atoms with E-state index in [0.717, 1.165) is 12.1 Å². The number of nitrogens with zero attached hydrogens (tertiary/aromatic N) is 1. The summed E-state index contributed by atoms with van der Waals surface area (Å²) in [5.74, 6) is -0.454. The topological polar surface area (TPSA) is 53.2 Å². The second kappa shape index (κ2) is 6.90. The number of carbonyl (C=O) groups excluding carboxylic acids is 1. The molecule has 0 saturated carbocycles. The highest BCUT2D eigenvalue weighted by Gasteiger charge is 2.33. The van der Waals surface area contributed by atoms with Crippen LogP contribution in [0, 0.1) is 0 Å². The number of benzene rings is 1. The number of alkyl halides is 3. The third kappa shape index (κ3) is 4.04. The second-order valence-corrected chi connectivity index (χ2v) is 5.56. The standard InChI is InChI=1S/C17H17F3N2O2/c1-11(9-12-5-3-4-6-14(12)17(18,19)20)22(2)16(24)15-10-13(23)7-8-21-15/h3-8,10-11H,9H2,1-2H3,(H,21,23). The number of hydrogen-bond acceptors (Lipinski definition) is 2. The quantitative estimate of drug-likeness (QED) is 0.931. The molecule has 1 atom stereocenters. The predicted octanol–water partition coefficient (Wildman–Crippen LogP) is 3.10. The van der Waals surface area contributed by atoms with Gasteiger partial charge in [-0.05, 0) is 25.0 Å². The molecular formula is C17H17F3N2O2. The van der Waals surface area contributed by atoms with Gasteiger partial charge in [0.25, 0.3) is 5.91 Å². The summed E-state index contributed by atoms with van der Waals surface area (Å²) < 4.78 is 39.1. The van der Waals surface area contributed by atoms with Crippen LogP contribution in [-0.4, -0.2) is 28.9 Å². The molecule has 1 N–H and O–H groups in total. The van der Waals surface area contributed by atoms with E-state index in [9.17, 15) is 22.8 Å². The molecule has 0 fully saturated rings. The Morgan fingerprint density at radius 2 is 1.92 bits per heavy atom. The lowest BCUT2D eigenvalue weighted by Gasteiger charge is -2.26. The first-order chi connectivity index (χ1) is 11.2. The smallest absolute Gasteiger partial charge is 0.357 e. The number of likely N-dealkylation sites (N-methyl/N-ethyl adjacent to an activating group) is 1. The van der Waals surface area contributed by atoms with E-state index in [2.05, 4.69) is 4.98 Å². The fourth-order valence-electron chi connectivity index (χ4n) is 2.39. The van der Waals surface area contributed by atoms with E-state index in [-0.39, 0.29) is 23.1 Å². The fourth-order valence-corrected chi connectivity index (χ4v) is 2.39. The Kier molecular flexibility index (Phi) is 5.11. The maximum atomic E-state index is 13.0. The van der Waals surface area contributed by atoms with Gasteiger partial charge in [-0.1, -0.05) is 18.2 Å². The number of pyridine rings is 1. The lowest BCUT2D eigenvalue weighted by atomic mass is 10.00. The number of aromatic amines is 1. The first kappa shape index (κ1) is 17.8. The molecule has 1 amide bonds. The van der Waals surface area contributed by atoms with Crippen molar-refractivity contribution in [3.05, 3.63) is 69.6 Å². The monoisotopic (exact) mass is 338 g/mol. The number of aromatic nitrogens is 1. The van der Waals surface area contributed by atoms with E-state index in [1.54, 1.807) is 6.92 Å². The molecule has 7 heteroatoms. The van der Waals surface area contributed by atoms with E-state index < -0.39 is 23.7 Å². The van der Waals surface area contributed by atoms with E-state index >= 15 is 0 Å². The number of hydrogen-bond donors (Lipinski definition) is 1. The summed E-state index contributed by atoms with van der Waals surface area (Å²) in [7, 11) is 1.49. The normalized spacial score (nSPS) is 12.7. The Labute approximate surface area is 136 Å². The molecule has 0 bridgehead atoms. The van der Waals surface area contributed by atoms with Gasteiger partial charge in [0.1, 0.15) is 5.69 Å². The molecule has 1 aromatic heterocycles. The molecule has 2 rings (SSSR count). The van der Waals surface area contributed by atoms with Gasteiger partial charge in [-0.25, -0.2) is 0 Å². The summed E-state index contributed by atoms with van der Waals surface area (Å²) in [6, 6.07) is 7.26. The van der Waals surface area contributed by atoms with Gasteiger partial charge >= 0.3 is 6.18 Å². The van der Waals surface area contributed by atoms with Crippen LogP contribution in [0.2, 0.25) is 0 Å². The molecule has 1 unspecified atom stereocenters. The highest BCUT2D eigenvalue weighted by molar-refractivity contribution is 5.92. The lowest BCUT2D eigenvalue weighted by molar-refractivity contribution is -0.138. The van der Waals surface area contributed by atoms with Gasteiger partial charge in [0.05, 0.1) is 5.56 Å². The maximum absolute atomic E-state index is 13.0. The predicted molar refractivity (Wildman–Crippen MR) is 83.8 cm³/mol. The minimum absolute atomic E-state index is 0.0506. The van der Waals surface area contributed by atoms with Crippen molar-refractivity contribution in [1.82, 2.24) is 9.88 Å². The molecular weight excluding hydrogens is 321 g/mol. The summed E-state index contributed by atoms with van der Waals surface area (Å²) in [5.41, 5.74) is -0.800. The van der Waals surface area contributed by atoms with Crippen LogP contribution in [0.15, 0.2) is 47.4 Å². The summed E-state index contributed by atoms with van der Waals surface area (Å²) in [4.78, 5) is 27.7. The first-order valence-electron chi connectivity index (χ1n) is 7.31. The molecule has 1 aromatic carbocycles. The number of H-pyrrole nitrogens is 1. The van der Waals surface area contributed by atoms with Gasteiger partial charge in [-0.15, -0.1) is 0 Å². The van der Waals surface area contributed by atoms with Crippen LogP contribution >= 0.6 is 0 Å². The Bertz CT molecular complexity index is 784. The van der Waals surface area contributed by atoms with Gasteiger partial charge in [0.2, 0.25) is 0 Å². The summed E-state index contributed by atoms with van der Waals surface area (Å²) >= 11 is 0. The number of carbonyl (C=O) groups is 1. The number of amides is 1. The molecule has 0 radical (unpaired) electrons. The van der Waals surface area contributed by atoms with Crippen LogP contribution in [0.25, 0.3) is 0 Å². The molecule has 0 aliphatic rings. The van der Waals surface area contributed by atoms with Crippen molar-refractivity contribution in [2.75, 3.05) is 7.05 Å². The number of nitrogens with one attached hydrogen (secondary N) is 1. The van der Waals surface area contributed by atoms with Gasteiger partial charge in [0, 0.05) is 31.4 Å². The maximum Gasteiger partial charge on any atom is 0.416 e. The van der Waals surface area contributed by atoms with E-state index in [1.165, 1.54) is 42.4 Å². The molecule has 0 aliphatic carbocycles. The Hall–Kier alpha value is -2.57. The summed E-state index contributed by atoms with van der Waals surface area (Å²) in [5, 5.41) is 0. The molecule has 128 valence electrons. The van der Waals surface area contributed by atoms with Gasteiger partial charge < -0.3 is 9.88 Å². The van der Waals surface area contributed by atoms with Crippen molar-refractivity contribution < 1.29 is 18.0 Å². The summed E-state index contributed by atoms with van der Waals surface area (Å²) in [6.45, 7) is 1.66. The van der Waals surface area contributed by atoms with E-state index in [1.807, 2.05) is 0 Å². The molecule has 0 spiro atoms. The lowest BCUT2D eigenvalue weighted by Crippen LogP contribution is -2.37. The van der Waals surface area contributed by atoms with Crippen LogP contribution in [0.1, 0.15) is 28.5 Å². The molecule has 1 heterocycles. The van der Waals surface area contributed by atoms with Crippen molar-refractivity contribution >= 4 is 5.91 Å². The third-order valence-corrected chi connectivity index (χ3v) is 3.82. The Morgan fingerprint density at radius 1 is 1.25 bits per heavy atom. The third-order valence-electron chi connectivity index (χ3n) is 3.82.